The zero-order chi connectivity index (χ0) is 30.0. The molecule has 3 N–H and O–H groups in total. The van der Waals surface area contributed by atoms with E-state index in [9.17, 15) is 26.3 Å². The maximum absolute atomic E-state index is 10.6. The fraction of sp³-hybridized carbons (Fsp3) is 0.500. The van der Waals surface area contributed by atoms with Crippen molar-refractivity contribution in [2.45, 2.75) is 49.8 Å². The van der Waals surface area contributed by atoms with Gasteiger partial charge in [-0.05, 0) is 43.0 Å². The van der Waals surface area contributed by atoms with Crippen molar-refractivity contribution in [2.75, 3.05) is 32.1 Å². The largest absolute Gasteiger partial charge is 0.497 e. The van der Waals surface area contributed by atoms with Crippen LogP contribution in [-0.2, 0) is 20.9 Å². The number of aliphatic carboxylic acids is 2. The van der Waals surface area contributed by atoms with Crippen molar-refractivity contribution in [2.24, 2.45) is 0 Å². The van der Waals surface area contributed by atoms with Crippen LogP contribution >= 0.6 is 0 Å². The maximum atomic E-state index is 10.6. The zero-order valence-electron chi connectivity index (χ0n) is 21.2. The lowest BCUT2D eigenvalue weighted by Gasteiger charge is -2.38. The maximum Gasteiger partial charge on any atom is 0.490 e. The molecule has 1 aromatic carbocycles. The predicted molar refractivity (Wildman–Crippen MR) is 128 cm³/mol. The van der Waals surface area contributed by atoms with Crippen LogP contribution in [-0.4, -0.2) is 87.8 Å². The third-order valence-corrected chi connectivity index (χ3v) is 5.84. The number of hydrogen-bond donors (Lipinski definition) is 3. The van der Waals surface area contributed by atoms with Crippen LogP contribution in [0.1, 0.15) is 24.8 Å². The molecule has 222 valence electrons. The number of halogens is 6. The second kappa shape index (κ2) is 14.1. The molecule has 2 aromatic rings. The lowest BCUT2D eigenvalue weighted by Crippen LogP contribution is -2.46. The summed E-state index contributed by atoms with van der Waals surface area (Å²) >= 11 is 0. The standard InChI is InChI=1S/C20H26N4O2.2C2HF3O2/c1-25-18-5-3-16(4-6-18)14-24-11-8-20(15-24)13-17(7-12-26-20)23-19-21-9-2-10-22-19;2*3-2(4,5)1(6)7/h2-6,9-10,17H,7-8,11-15H2,1H3,(H,21,22,23);2*(H,6,7)/t17-,20-;;/m1../s1. The van der Waals surface area contributed by atoms with Gasteiger partial charge in [0.1, 0.15) is 5.75 Å². The number of carboxylic acids is 2. The van der Waals surface area contributed by atoms with Crippen molar-refractivity contribution in [1.29, 1.82) is 0 Å². The Kier molecular flexibility index (Phi) is 11.5. The lowest BCUT2D eigenvalue weighted by molar-refractivity contribution is -0.193. The molecule has 4 rings (SSSR count). The number of alkyl halides is 6. The number of nitrogens with one attached hydrogen (secondary N) is 1. The number of anilines is 1. The zero-order valence-corrected chi connectivity index (χ0v) is 21.2. The summed E-state index contributed by atoms with van der Waals surface area (Å²) in [5.74, 6) is -3.90. The minimum absolute atomic E-state index is 0.0445. The third kappa shape index (κ3) is 10.8. The summed E-state index contributed by atoms with van der Waals surface area (Å²) in [5, 5.41) is 17.7. The predicted octanol–water partition coefficient (Wildman–Crippen LogP) is 3.99. The Bertz CT molecular complexity index is 1060. The Morgan fingerprint density at radius 2 is 1.62 bits per heavy atom. The summed E-state index contributed by atoms with van der Waals surface area (Å²) in [7, 11) is 1.70. The number of methoxy groups -OCH3 is 1. The molecule has 1 aromatic heterocycles. The van der Waals surface area contributed by atoms with Crippen LogP contribution in [0.3, 0.4) is 0 Å². The molecule has 1 spiro atoms. The molecule has 2 atom stereocenters. The quantitative estimate of drug-likeness (QED) is 0.445. The highest BCUT2D eigenvalue weighted by Gasteiger charge is 2.43. The molecule has 0 radical (unpaired) electrons. The lowest BCUT2D eigenvalue weighted by atomic mass is 9.89. The normalized spacial score (nSPS) is 20.9. The summed E-state index contributed by atoms with van der Waals surface area (Å²) in [4.78, 5) is 28.9. The third-order valence-electron chi connectivity index (χ3n) is 5.84. The molecule has 2 aliphatic heterocycles. The second-order valence-corrected chi connectivity index (χ2v) is 8.85. The van der Waals surface area contributed by atoms with Crippen LogP contribution < -0.4 is 10.1 Å². The number of aromatic nitrogens is 2. The van der Waals surface area contributed by atoms with Gasteiger partial charge >= 0.3 is 24.3 Å². The highest BCUT2D eigenvalue weighted by atomic mass is 19.4. The molecule has 0 amide bonds. The minimum Gasteiger partial charge on any atom is -0.497 e. The van der Waals surface area contributed by atoms with Gasteiger partial charge in [-0.2, -0.15) is 26.3 Å². The van der Waals surface area contributed by atoms with Crippen molar-refractivity contribution in [3.63, 3.8) is 0 Å². The van der Waals surface area contributed by atoms with Crippen molar-refractivity contribution in [3.05, 3.63) is 48.3 Å². The van der Waals surface area contributed by atoms with Crippen LogP contribution in [0.2, 0.25) is 0 Å². The summed E-state index contributed by atoms with van der Waals surface area (Å²) in [6, 6.07) is 10.5. The first kappa shape index (κ1) is 32.6. The molecule has 0 bridgehead atoms. The Morgan fingerprint density at radius 3 is 2.12 bits per heavy atom. The van der Waals surface area contributed by atoms with E-state index in [1.54, 1.807) is 19.5 Å². The van der Waals surface area contributed by atoms with E-state index >= 15 is 0 Å². The molecular formula is C24H28F6N4O6. The molecule has 0 unspecified atom stereocenters. The van der Waals surface area contributed by atoms with Crippen LogP contribution in [0.25, 0.3) is 0 Å². The Hall–Kier alpha value is -3.66. The van der Waals surface area contributed by atoms with Gasteiger partial charge in [-0.1, -0.05) is 12.1 Å². The number of carboxylic acid groups (broad SMARTS) is 2. The molecule has 0 saturated carbocycles. The van der Waals surface area contributed by atoms with E-state index in [-0.39, 0.29) is 5.60 Å². The monoisotopic (exact) mass is 582 g/mol. The first-order valence-electron chi connectivity index (χ1n) is 11.8. The Morgan fingerprint density at radius 1 is 1.07 bits per heavy atom. The highest BCUT2D eigenvalue weighted by Crippen LogP contribution is 2.35. The topological polar surface area (TPSA) is 134 Å². The molecule has 2 aliphatic rings. The Labute approximate surface area is 224 Å². The molecule has 3 heterocycles. The van der Waals surface area contributed by atoms with E-state index in [0.29, 0.717) is 12.0 Å². The van der Waals surface area contributed by atoms with Crippen LogP contribution in [0.4, 0.5) is 32.3 Å². The highest BCUT2D eigenvalue weighted by molar-refractivity contribution is 5.73. The first-order chi connectivity index (χ1) is 18.6. The van der Waals surface area contributed by atoms with Crippen LogP contribution in [0.15, 0.2) is 42.7 Å². The van der Waals surface area contributed by atoms with Gasteiger partial charge in [0.25, 0.3) is 0 Å². The molecule has 40 heavy (non-hydrogen) atoms. The Balaban J connectivity index is 0.000000333. The van der Waals surface area contributed by atoms with Gasteiger partial charge in [-0.3, -0.25) is 4.90 Å². The van der Waals surface area contributed by atoms with E-state index in [1.807, 2.05) is 18.2 Å². The van der Waals surface area contributed by atoms with Crippen molar-refractivity contribution in [3.8, 4) is 5.75 Å². The second-order valence-electron chi connectivity index (χ2n) is 8.85. The summed E-state index contributed by atoms with van der Waals surface area (Å²) in [5.41, 5.74) is 1.27. The van der Waals surface area contributed by atoms with Crippen LogP contribution in [0.5, 0.6) is 5.75 Å². The van der Waals surface area contributed by atoms with Crippen molar-refractivity contribution >= 4 is 17.9 Å². The number of nitrogens with zero attached hydrogens (tertiary/aromatic N) is 3. The average Bonchev–Trinajstić information content (AvgIpc) is 3.25. The number of rotatable bonds is 5. The molecular weight excluding hydrogens is 554 g/mol. The smallest absolute Gasteiger partial charge is 0.490 e. The SMILES string of the molecule is COc1ccc(CN2CC[C@@]3(C[C@H](Nc4ncccn4)CCO3)C2)cc1.O=C(O)C(F)(F)F.O=C(O)C(F)(F)F. The van der Waals surface area contributed by atoms with E-state index in [1.165, 1.54) is 5.56 Å². The van der Waals surface area contributed by atoms with E-state index in [0.717, 1.165) is 51.3 Å². The minimum atomic E-state index is -5.08. The average molecular weight is 582 g/mol. The number of likely N-dealkylation sites (tertiary alicyclic amines) is 1. The van der Waals surface area contributed by atoms with Gasteiger partial charge in [0.15, 0.2) is 0 Å². The molecule has 16 heteroatoms. The van der Waals surface area contributed by atoms with E-state index in [2.05, 4.69) is 32.3 Å². The van der Waals surface area contributed by atoms with E-state index in [4.69, 9.17) is 29.3 Å². The fourth-order valence-electron chi connectivity index (χ4n) is 4.04. The van der Waals surface area contributed by atoms with Gasteiger partial charge in [0, 0.05) is 44.7 Å². The number of ether oxygens (including phenoxy) is 2. The number of benzene rings is 1. The molecule has 0 aliphatic carbocycles. The number of hydrogen-bond acceptors (Lipinski definition) is 8. The van der Waals surface area contributed by atoms with Gasteiger partial charge in [-0.25, -0.2) is 19.6 Å². The fourth-order valence-corrected chi connectivity index (χ4v) is 4.04. The van der Waals surface area contributed by atoms with Crippen molar-refractivity contribution < 1.29 is 55.6 Å². The molecule has 2 saturated heterocycles. The first-order valence-corrected chi connectivity index (χ1v) is 11.8. The molecule has 2 fully saturated rings. The van der Waals surface area contributed by atoms with Gasteiger partial charge in [0.2, 0.25) is 5.95 Å². The number of carbonyl (C=O) groups is 2. The molecule has 10 nitrogen and oxygen atoms in total. The van der Waals surface area contributed by atoms with Gasteiger partial charge in [-0.15, -0.1) is 0 Å². The van der Waals surface area contributed by atoms with Crippen LogP contribution in [0, 0.1) is 0 Å². The van der Waals surface area contributed by atoms with E-state index < -0.39 is 24.3 Å². The van der Waals surface area contributed by atoms with Crippen molar-refractivity contribution in [1.82, 2.24) is 14.9 Å². The summed E-state index contributed by atoms with van der Waals surface area (Å²) in [6.07, 6.45) is -3.53. The van der Waals surface area contributed by atoms with Gasteiger partial charge in [0.05, 0.1) is 12.7 Å². The summed E-state index contributed by atoms with van der Waals surface area (Å²) < 4.78 is 75.0. The van der Waals surface area contributed by atoms with Gasteiger partial charge < -0.3 is 25.0 Å². The summed E-state index contributed by atoms with van der Waals surface area (Å²) in [6.45, 7) is 3.79.